The molecule has 0 bridgehead atoms. The number of nitrogens with zero attached hydrogens (tertiary/aromatic N) is 2. The second-order valence-electron chi connectivity index (χ2n) is 5.48. The third kappa shape index (κ3) is 2.40. The fraction of sp³-hybridized carbons (Fsp3) is 0.467. The van der Waals surface area contributed by atoms with Crippen LogP contribution in [0.25, 0.3) is 0 Å². The van der Waals surface area contributed by atoms with Crippen molar-refractivity contribution in [3.63, 3.8) is 0 Å². The van der Waals surface area contributed by atoms with Gasteiger partial charge in [-0.1, -0.05) is 42.3 Å². The highest BCUT2D eigenvalue weighted by atomic mass is 16.5. The largest absolute Gasteiger partial charge is 0.339 e. The van der Waals surface area contributed by atoms with Gasteiger partial charge in [-0.25, -0.2) is 0 Å². The quantitative estimate of drug-likeness (QED) is 0.918. The van der Waals surface area contributed by atoms with Crippen molar-refractivity contribution < 1.29 is 4.52 Å². The molecule has 2 N–H and O–H groups in total. The van der Waals surface area contributed by atoms with Crippen LogP contribution in [0.15, 0.2) is 28.8 Å². The molecule has 1 aliphatic carbocycles. The molecule has 4 heteroatoms. The van der Waals surface area contributed by atoms with Crippen molar-refractivity contribution in [2.24, 2.45) is 5.73 Å². The molecule has 0 amide bonds. The van der Waals surface area contributed by atoms with Crippen LogP contribution in [0.4, 0.5) is 0 Å². The molecule has 100 valence electrons. The van der Waals surface area contributed by atoms with Crippen LogP contribution in [0.5, 0.6) is 0 Å². The molecule has 0 aliphatic heterocycles. The van der Waals surface area contributed by atoms with Crippen LogP contribution in [-0.4, -0.2) is 10.1 Å². The van der Waals surface area contributed by atoms with E-state index in [1.165, 1.54) is 11.1 Å². The second-order valence-corrected chi connectivity index (χ2v) is 5.48. The summed E-state index contributed by atoms with van der Waals surface area (Å²) in [5.74, 6) is 1.33. The monoisotopic (exact) mass is 257 g/mol. The lowest BCUT2D eigenvalue weighted by Gasteiger charge is -2.17. The predicted molar refractivity (Wildman–Crippen MR) is 72.6 cm³/mol. The molecule has 19 heavy (non-hydrogen) atoms. The summed E-state index contributed by atoms with van der Waals surface area (Å²) >= 11 is 0. The van der Waals surface area contributed by atoms with E-state index in [0.717, 1.165) is 25.7 Å². The minimum absolute atomic E-state index is 0.368. The van der Waals surface area contributed by atoms with E-state index >= 15 is 0 Å². The molecule has 1 saturated carbocycles. The van der Waals surface area contributed by atoms with E-state index in [-0.39, 0.29) is 5.54 Å². The fourth-order valence-electron chi connectivity index (χ4n) is 2.73. The summed E-state index contributed by atoms with van der Waals surface area (Å²) in [5, 5.41) is 4.08. The summed E-state index contributed by atoms with van der Waals surface area (Å²) in [6, 6.07) is 8.24. The average Bonchev–Trinajstić information content (AvgIpc) is 3.02. The second kappa shape index (κ2) is 4.78. The van der Waals surface area contributed by atoms with Gasteiger partial charge in [-0.05, 0) is 30.9 Å². The molecule has 1 aromatic heterocycles. The molecule has 1 aromatic carbocycles. The minimum Gasteiger partial charge on any atom is -0.339 e. The maximum absolute atomic E-state index is 6.33. The summed E-state index contributed by atoms with van der Waals surface area (Å²) in [4.78, 5) is 4.50. The van der Waals surface area contributed by atoms with Gasteiger partial charge in [-0.15, -0.1) is 0 Å². The van der Waals surface area contributed by atoms with E-state index in [4.69, 9.17) is 10.3 Å². The summed E-state index contributed by atoms with van der Waals surface area (Å²) in [7, 11) is 0. The smallest absolute Gasteiger partial charge is 0.231 e. The molecule has 4 nitrogen and oxygen atoms in total. The first-order valence-electron chi connectivity index (χ1n) is 6.84. The summed E-state index contributed by atoms with van der Waals surface area (Å²) in [6.07, 6.45) is 4.89. The van der Waals surface area contributed by atoms with E-state index in [9.17, 15) is 0 Å². The standard InChI is InChI=1S/C15H19N3O/c1-11-6-2-3-7-12(11)10-13-17-14(18-19-13)15(16)8-4-5-9-15/h2-3,6-7H,4-5,8-10,16H2,1H3. The first-order chi connectivity index (χ1) is 9.17. The number of aromatic nitrogens is 2. The van der Waals surface area contributed by atoms with E-state index in [1.54, 1.807) is 0 Å². The number of hydrogen-bond donors (Lipinski definition) is 1. The first-order valence-corrected chi connectivity index (χ1v) is 6.84. The van der Waals surface area contributed by atoms with Gasteiger partial charge < -0.3 is 10.3 Å². The molecule has 0 unspecified atom stereocenters. The lowest BCUT2D eigenvalue weighted by Crippen LogP contribution is -2.34. The highest BCUT2D eigenvalue weighted by molar-refractivity contribution is 5.27. The normalized spacial score (nSPS) is 17.8. The van der Waals surface area contributed by atoms with Crippen LogP contribution < -0.4 is 5.73 Å². The van der Waals surface area contributed by atoms with Crippen LogP contribution in [0.2, 0.25) is 0 Å². The van der Waals surface area contributed by atoms with Gasteiger partial charge >= 0.3 is 0 Å². The molecule has 2 aromatic rings. The molecular formula is C15H19N3O. The number of aryl methyl sites for hydroxylation is 1. The van der Waals surface area contributed by atoms with E-state index in [1.807, 2.05) is 12.1 Å². The van der Waals surface area contributed by atoms with E-state index < -0.39 is 0 Å². The van der Waals surface area contributed by atoms with Crippen LogP contribution in [0.1, 0.15) is 48.5 Å². The summed E-state index contributed by atoms with van der Waals surface area (Å²) in [5.41, 5.74) is 8.42. The molecule has 0 saturated heterocycles. The predicted octanol–water partition coefficient (Wildman–Crippen LogP) is 2.70. The average molecular weight is 257 g/mol. The Bertz CT molecular complexity index is 570. The number of rotatable bonds is 3. The van der Waals surface area contributed by atoms with Crippen molar-refractivity contribution in [1.82, 2.24) is 10.1 Å². The zero-order chi connectivity index (χ0) is 13.3. The molecule has 0 atom stereocenters. The van der Waals surface area contributed by atoms with Gasteiger partial charge in [-0.3, -0.25) is 0 Å². The van der Waals surface area contributed by atoms with Crippen LogP contribution >= 0.6 is 0 Å². The van der Waals surface area contributed by atoms with Gasteiger partial charge in [0, 0.05) is 0 Å². The van der Waals surface area contributed by atoms with Crippen LogP contribution in [-0.2, 0) is 12.0 Å². The Balaban J connectivity index is 1.80. The van der Waals surface area contributed by atoms with Crippen molar-refractivity contribution >= 4 is 0 Å². The lowest BCUT2D eigenvalue weighted by atomic mass is 9.98. The minimum atomic E-state index is -0.368. The lowest BCUT2D eigenvalue weighted by molar-refractivity contribution is 0.352. The zero-order valence-electron chi connectivity index (χ0n) is 11.2. The third-order valence-corrected chi connectivity index (χ3v) is 4.01. The highest BCUT2D eigenvalue weighted by Crippen LogP contribution is 2.34. The Kier molecular flexibility index (Phi) is 3.11. The van der Waals surface area contributed by atoms with Crippen molar-refractivity contribution in [2.75, 3.05) is 0 Å². The van der Waals surface area contributed by atoms with E-state index in [0.29, 0.717) is 18.1 Å². The molecule has 3 rings (SSSR count). The molecule has 1 fully saturated rings. The Morgan fingerprint density at radius 1 is 1.26 bits per heavy atom. The molecular weight excluding hydrogens is 238 g/mol. The SMILES string of the molecule is Cc1ccccc1Cc1nc(C2(N)CCCC2)no1. The molecule has 0 spiro atoms. The van der Waals surface area contributed by atoms with Gasteiger partial charge in [0.2, 0.25) is 5.89 Å². The Morgan fingerprint density at radius 2 is 2.00 bits per heavy atom. The summed E-state index contributed by atoms with van der Waals surface area (Å²) in [6.45, 7) is 2.09. The molecule has 0 radical (unpaired) electrons. The Hall–Kier alpha value is -1.68. The maximum atomic E-state index is 6.33. The van der Waals surface area contributed by atoms with Crippen molar-refractivity contribution in [1.29, 1.82) is 0 Å². The molecule has 1 aliphatic rings. The maximum Gasteiger partial charge on any atom is 0.231 e. The first kappa shape index (κ1) is 12.4. The third-order valence-electron chi connectivity index (χ3n) is 4.01. The van der Waals surface area contributed by atoms with Crippen LogP contribution in [0, 0.1) is 6.92 Å². The number of nitrogens with two attached hydrogens (primary N) is 1. The summed E-state index contributed by atoms with van der Waals surface area (Å²) < 4.78 is 5.36. The Morgan fingerprint density at radius 3 is 2.74 bits per heavy atom. The topological polar surface area (TPSA) is 64.9 Å². The van der Waals surface area contributed by atoms with Gasteiger partial charge in [0.1, 0.15) is 0 Å². The van der Waals surface area contributed by atoms with Gasteiger partial charge in [0.05, 0.1) is 12.0 Å². The Labute approximate surface area is 113 Å². The van der Waals surface area contributed by atoms with Crippen molar-refractivity contribution in [3.05, 3.63) is 47.1 Å². The van der Waals surface area contributed by atoms with Crippen molar-refractivity contribution in [2.45, 2.75) is 44.6 Å². The van der Waals surface area contributed by atoms with Gasteiger partial charge in [0.15, 0.2) is 5.82 Å². The fourth-order valence-corrected chi connectivity index (χ4v) is 2.73. The van der Waals surface area contributed by atoms with Gasteiger partial charge in [-0.2, -0.15) is 4.98 Å². The zero-order valence-corrected chi connectivity index (χ0v) is 11.2. The molecule has 1 heterocycles. The highest BCUT2D eigenvalue weighted by Gasteiger charge is 2.35. The van der Waals surface area contributed by atoms with Crippen LogP contribution in [0.3, 0.4) is 0 Å². The number of benzene rings is 1. The number of hydrogen-bond acceptors (Lipinski definition) is 4. The van der Waals surface area contributed by atoms with Crippen molar-refractivity contribution in [3.8, 4) is 0 Å². The van der Waals surface area contributed by atoms with Gasteiger partial charge in [0.25, 0.3) is 0 Å². The van der Waals surface area contributed by atoms with E-state index in [2.05, 4.69) is 29.2 Å².